The fourth-order valence-corrected chi connectivity index (χ4v) is 1.64. The number of hydrogen-bond acceptors (Lipinski definition) is 5. The highest BCUT2D eigenvalue weighted by molar-refractivity contribution is 9.10. The lowest BCUT2D eigenvalue weighted by Crippen LogP contribution is -2.51. The molecule has 0 aliphatic rings. The van der Waals surface area contributed by atoms with Gasteiger partial charge in [0.15, 0.2) is 0 Å². The maximum atomic E-state index is 10.7. The van der Waals surface area contributed by atoms with Gasteiger partial charge in [-0.05, 0) is 6.92 Å². The van der Waals surface area contributed by atoms with Crippen LogP contribution in [0.3, 0.4) is 0 Å². The van der Waals surface area contributed by atoms with E-state index in [1.165, 1.54) is 13.8 Å². The molecule has 0 aromatic carbocycles. The summed E-state index contributed by atoms with van der Waals surface area (Å²) in [6.07, 6.45) is -1.12. The molecule has 0 saturated heterocycles. The summed E-state index contributed by atoms with van der Waals surface area (Å²) in [6, 6.07) is -1.15. The lowest BCUT2D eigenvalue weighted by atomic mass is 10.1. The van der Waals surface area contributed by atoms with E-state index in [4.69, 9.17) is 4.74 Å². The molecular weight excluding hydrogens is 272 g/mol. The molecule has 2 unspecified atom stereocenters. The van der Waals surface area contributed by atoms with Gasteiger partial charge in [-0.25, -0.2) is 0 Å². The Morgan fingerprint density at radius 3 is 2.20 bits per heavy atom. The van der Waals surface area contributed by atoms with Crippen molar-refractivity contribution in [2.24, 2.45) is 0 Å². The van der Waals surface area contributed by atoms with Crippen LogP contribution in [0.2, 0.25) is 0 Å². The maximum Gasteiger partial charge on any atom is 0.304 e. The summed E-state index contributed by atoms with van der Waals surface area (Å²) in [6.45, 7) is 4.33. The maximum absolute atomic E-state index is 10.7. The molecule has 0 spiro atoms. The minimum atomic E-state index is -1.66. The quantitative estimate of drug-likeness (QED) is 0.318. The lowest BCUT2D eigenvalue weighted by Gasteiger charge is -2.25. The number of nitrogens with zero attached hydrogens (tertiary/aromatic N) is 2. The van der Waals surface area contributed by atoms with Crippen LogP contribution in [0, 0.1) is 20.2 Å². The van der Waals surface area contributed by atoms with Crippen LogP contribution in [-0.4, -0.2) is 33.0 Å². The van der Waals surface area contributed by atoms with E-state index in [1.54, 1.807) is 6.92 Å². The molecule has 3 atom stereocenters. The van der Waals surface area contributed by atoms with Gasteiger partial charge in [0.25, 0.3) is 0 Å². The van der Waals surface area contributed by atoms with Gasteiger partial charge in [0.1, 0.15) is 0 Å². The molecule has 0 amide bonds. The molecule has 0 saturated carbocycles. The van der Waals surface area contributed by atoms with Gasteiger partial charge in [-0.1, -0.05) is 0 Å². The van der Waals surface area contributed by atoms with Crippen LogP contribution in [-0.2, 0) is 4.74 Å². The van der Waals surface area contributed by atoms with Crippen LogP contribution in [0.4, 0.5) is 0 Å². The third-order valence-corrected chi connectivity index (χ3v) is 2.73. The van der Waals surface area contributed by atoms with E-state index in [0.717, 1.165) is 0 Å². The number of rotatable bonds is 6. The van der Waals surface area contributed by atoms with Crippen LogP contribution < -0.4 is 0 Å². The third kappa shape index (κ3) is 3.38. The topological polar surface area (TPSA) is 95.5 Å². The van der Waals surface area contributed by atoms with Gasteiger partial charge in [-0.2, -0.15) is 0 Å². The largest absolute Gasteiger partial charge is 0.364 e. The van der Waals surface area contributed by atoms with E-state index in [-0.39, 0.29) is 6.61 Å². The summed E-state index contributed by atoms with van der Waals surface area (Å²) in [7, 11) is 0. The zero-order valence-electron chi connectivity index (χ0n) is 8.68. The second kappa shape index (κ2) is 5.36. The fourth-order valence-electron chi connectivity index (χ4n) is 1.13. The summed E-state index contributed by atoms with van der Waals surface area (Å²) in [5.41, 5.74) is 0. The Morgan fingerprint density at radius 2 is 1.93 bits per heavy atom. The molecule has 0 aliphatic heterocycles. The Balaban J connectivity index is 4.95. The molecule has 0 aliphatic carbocycles. The zero-order valence-corrected chi connectivity index (χ0v) is 10.3. The van der Waals surface area contributed by atoms with Crippen molar-refractivity contribution >= 4 is 15.9 Å². The SMILES string of the molecule is CCOC(C(C)[N+](=O)[O-])[C@](C)(Br)[N+](=O)[O-]. The number of halogens is 1. The van der Waals surface area contributed by atoms with Crippen molar-refractivity contribution < 1.29 is 14.6 Å². The van der Waals surface area contributed by atoms with Crippen molar-refractivity contribution in [1.82, 2.24) is 0 Å². The van der Waals surface area contributed by atoms with Gasteiger partial charge >= 0.3 is 4.45 Å². The van der Waals surface area contributed by atoms with Gasteiger partial charge in [0.05, 0.1) is 0 Å². The Labute approximate surface area is 95.2 Å². The van der Waals surface area contributed by atoms with Gasteiger partial charge in [-0.3, -0.25) is 20.2 Å². The van der Waals surface area contributed by atoms with Crippen molar-refractivity contribution in [1.29, 1.82) is 0 Å². The second-order valence-electron chi connectivity index (χ2n) is 3.18. The highest BCUT2D eigenvalue weighted by Gasteiger charge is 2.51. The molecule has 88 valence electrons. The molecule has 0 aromatic rings. The van der Waals surface area contributed by atoms with Crippen molar-refractivity contribution in [2.75, 3.05) is 6.61 Å². The predicted molar refractivity (Wildman–Crippen MR) is 56.2 cm³/mol. The van der Waals surface area contributed by atoms with E-state index in [0.29, 0.717) is 0 Å². The average Bonchev–Trinajstić information content (AvgIpc) is 2.12. The van der Waals surface area contributed by atoms with Gasteiger partial charge < -0.3 is 4.74 Å². The third-order valence-electron chi connectivity index (χ3n) is 1.99. The molecule has 0 N–H and O–H groups in total. The first-order chi connectivity index (χ1) is 6.75. The Morgan fingerprint density at radius 1 is 1.47 bits per heavy atom. The zero-order chi connectivity index (χ0) is 12.2. The van der Waals surface area contributed by atoms with Crippen LogP contribution in [0.15, 0.2) is 0 Å². The van der Waals surface area contributed by atoms with E-state index < -0.39 is 26.4 Å². The van der Waals surface area contributed by atoms with Crippen molar-refractivity contribution in [2.45, 2.75) is 37.4 Å². The first-order valence-electron chi connectivity index (χ1n) is 4.33. The Hall–Kier alpha value is -0.760. The molecule has 0 heterocycles. The Kier molecular flexibility index (Phi) is 5.09. The molecule has 0 fully saturated rings. The predicted octanol–water partition coefficient (Wildman–Crippen LogP) is 1.44. The van der Waals surface area contributed by atoms with E-state index in [9.17, 15) is 20.2 Å². The number of hydrogen-bond donors (Lipinski definition) is 0. The van der Waals surface area contributed by atoms with E-state index in [1.807, 2.05) is 0 Å². The molecular formula is C7H13BrN2O5. The lowest BCUT2D eigenvalue weighted by molar-refractivity contribution is -0.583. The minimum absolute atomic E-state index is 0.178. The summed E-state index contributed by atoms with van der Waals surface area (Å²) >= 11 is 2.85. The number of nitro groups is 2. The van der Waals surface area contributed by atoms with Crippen LogP contribution >= 0.6 is 15.9 Å². The molecule has 0 aromatic heterocycles. The van der Waals surface area contributed by atoms with Gasteiger partial charge in [0.2, 0.25) is 12.1 Å². The summed E-state index contributed by atoms with van der Waals surface area (Å²) in [4.78, 5) is 20.1. The average molecular weight is 285 g/mol. The monoisotopic (exact) mass is 284 g/mol. The second-order valence-corrected chi connectivity index (χ2v) is 4.79. The normalized spacial score (nSPS) is 18.9. The number of alkyl halides is 1. The Bertz CT molecular complexity index is 258. The van der Waals surface area contributed by atoms with Crippen LogP contribution in [0.5, 0.6) is 0 Å². The first kappa shape index (κ1) is 14.2. The van der Waals surface area contributed by atoms with E-state index >= 15 is 0 Å². The van der Waals surface area contributed by atoms with E-state index in [2.05, 4.69) is 15.9 Å². The highest BCUT2D eigenvalue weighted by Crippen LogP contribution is 2.28. The van der Waals surface area contributed by atoms with Gasteiger partial charge in [0, 0.05) is 46.2 Å². The molecule has 0 radical (unpaired) electrons. The van der Waals surface area contributed by atoms with Crippen LogP contribution in [0.25, 0.3) is 0 Å². The van der Waals surface area contributed by atoms with Crippen LogP contribution in [0.1, 0.15) is 20.8 Å². The molecule has 7 nitrogen and oxygen atoms in total. The number of ether oxygens (including phenoxy) is 1. The van der Waals surface area contributed by atoms with Crippen molar-refractivity contribution in [3.05, 3.63) is 20.2 Å². The van der Waals surface area contributed by atoms with Crippen molar-refractivity contribution in [3.8, 4) is 0 Å². The fraction of sp³-hybridized carbons (Fsp3) is 1.00. The molecule has 15 heavy (non-hydrogen) atoms. The smallest absolute Gasteiger partial charge is 0.304 e. The standard InChI is InChI=1S/C7H13BrN2O5/c1-4-15-6(5(2)9(11)12)7(3,8)10(13)14/h5-6H,4H2,1-3H3/t5?,6?,7-/m1/s1. The molecule has 0 bridgehead atoms. The highest BCUT2D eigenvalue weighted by atomic mass is 79.9. The molecule has 8 heteroatoms. The van der Waals surface area contributed by atoms with Gasteiger partial charge in [-0.15, -0.1) is 0 Å². The molecule has 0 rings (SSSR count). The first-order valence-corrected chi connectivity index (χ1v) is 5.12. The summed E-state index contributed by atoms with van der Waals surface area (Å²) in [5.74, 6) is 0. The van der Waals surface area contributed by atoms with Crippen molar-refractivity contribution in [3.63, 3.8) is 0 Å². The minimum Gasteiger partial charge on any atom is -0.364 e. The summed E-state index contributed by atoms with van der Waals surface area (Å²) < 4.78 is 3.40. The summed E-state index contributed by atoms with van der Waals surface area (Å²) in [5, 5.41) is 21.3.